The van der Waals surface area contributed by atoms with E-state index in [2.05, 4.69) is 21.8 Å². The number of pyridine rings is 2. The Bertz CT molecular complexity index is 824. The largest absolute Gasteiger partial charge is 0.300 e. The molecule has 3 rings (SSSR count). The SMILES string of the molecule is CC#Cc1cnc(-n2ccc3ccncc32)cc1CF. The van der Waals surface area contributed by atoms with E-state index in [9.17, 15) is 4.39 Å². The average molecular weight is 265 g/mol. The van der Waals surface area contributed by atoms with E-state index in [0.29, 0.717) is 16.9 Å². The number of hydrogen-bond donors (Lipinski definition) is 0. The Morgan fingerprint density at radius 2 is 2.20 bits per heavy atom. The molecule has 0 aliphatic rings. The van der Waals surface area contributed by atoms with Gasteiger partial charge >= 0.3 is 0 Å². The lowest BCUT2D eigenvalue weighted by atomic mass is 10.1. The highest BCUT2D eigenvalue weighted by Crippen LogP contribution is 2.20. The van der Waals surface area contributed by atoms with Gasteiger partial charge in [0.15, 0.2) is 0 Å². The van der Waals surface area contributed by atoms with Crippen molar-refractivity contribution in [1.29, 1.82) is 0 Å². The van der Waals surface area contributed by atoms with Crippen LogP contribution in [0.3, 0.4) is 0 Å². The quantitative estimate of drug-likeness (QED) is 0.666. The fraction of sp³-hybridized carbons (Fsp3) is 0.125. The molecule has 20 heavy (non-hydrogen) atoms. The van der Waals surface area contributed by atoms with E-state index < -0.39 is 6.67 Å². The van der Waals surface area contributed by atoms with Gasteiger partial charge < -0.3 is 0 Å². The van der Waals surface area contributed by atoms with Crippen LogP contribution in [0, 0.1) is 11.8 Å². The number of fused-ring (bicyclic) bond motifs is 1. The third-order valence-electron chi connectivity index (χ3n) is 3.12. The normalized spacial score (nSPS) is 10.3. The van der Waals surface area contributed by atoms with Crippen LogP contribution in [0.25, 0.3) is 16.7 Å². The van der Waals surface area contributed by atoms with E-state index >= 15 is 0 Å². The van der Waals surface area contributed by atoms with Crippen molar-refractivity contribution in [1.82, 2.24) is 14.5 Å². The Labute approximate surface area is 116 Å². The van der Waals surface area contributed by atoms with Gasteiger partial charge in [-0.3, -0.25) is 9.55 Å². The molecule has 98 valence electrons. The second kappa shape index (κ2) is 5.14. The highest BCUT2D eigenvalue weighted by Gasteiger charge is 2.07. The molecule has 0 N–H and O–H groups in total. The first-order chi connectivity index (χ1) is 9.83. The number of rotatable bonds is 2. The lowest BCUT2D eigenvalue weighted by Gasteiger charge is -2.07. The predicted molar refractivity (Wildman–Crippen MR) is 76.2 cm³/mol. The van der Waals surface area contributed by atoms with Gasteiger partial charge in [-0.25, -0.2) is 9.37 Å². The maximum atomic E-state index is 13.1. The van der Waals surface area contributed by atoms with E-state index in [1.54, 1.807) is 31.6 Å². The molecular formula is C16H12FN3. The minimum Gasteiger partial charge on any atom is -0.300 e. The molecule has 0 amide bonds. The van der Waals surface area contributed by atoms with Gasteiger partial charge in [0.1, 0.15) is 12.5 Å². The van der Waals surface area contributed by atoms with Gasteiger partial charge in [-0.2, -0.15) is 0 Å². The minimum atomic E-state index is -0.559. The summed E-state index contributed by atoms with van der Waals surface area (Å²) in [7, 11) is 0. The molecule has 3 aromatic heterocycles. The van der Waals surface area contributed by atoms with Crippen molar-refractivity contribution in [3.63, 3.8) is 0 Å². The zero-order valence-corrected chi connectivity index (χ0v) is 11.0. The molecule has 0 saturated heterocycles. The molecule has 0 saturated carbocycles. The molecule has 0 fully saturated rings. The number of alkyl halides is 1. The summed E-state index contributed by atoms with van der Waals surface area (Å²) in [5.41, 5.74) is 2.13. The molecule has 3 aromatic rings. The van der Waals surface area contributed by atoms with Gasteiger partial charge in [-0.15, -0.1) is 5.92 Å². The third kappa shape index (κ3) is 2.04. The van der Waals surface area contributed by atoms with E-state index in [0.717, 1.165) is 10.9 Å². The summed E-state index contributed by atoms with van der Waals surface area (Å²) in [6, 6.07) is 5.64. The van der Waals surface area contributed by atoms with Crippen LogP contribution in [0.15, 0.2) is 43.0 Å². The van der Waals surface area contributed by atoms with Crippen molar-refractivity contribution in [2.75, 3.05) is 0 Å². The standard InChI is InChI=1S/C16H12FN3/c1-2-3-13-10-19-16(8-14(13)9-17)20-7-5-12-4-6-18-11-15(12)20/h4-8,10-11H,9H2,1H3. The summed E-state index contributed by atoms with van der Waals surface area (Å²) in [6.07, 6.45) is 7.03. The van der Waals surface area contributed by atoms with Crippen LogP contribution in [-0.4, -0.2) is 14.5 Å². The van der Waals surface area contributed by atoms with Crippen LogP contribution in [0.1, 0.15) is 18.1 Å². The third-order valence-corrected chi connectivity index (χ3v) is 3.12. The molecule has 0 atom stereocenters. The number of aromatic nitrogens is 3. The highest BCUT2D eigenvalue weighted by molar-refractivity contribution is 5.80. The molecule has 0 aliphatic carbocycles. The summed E-state index contributed by atoms with van der Waals surface area (Å²) in [4.78, 5) is 8.48. The minimum absolute atomic E-state index is 0.551. The van der Waals surface area contributed by atoms with Gasteiger partial charge in [0.05, 0.1) is 11.7 Å². The number of nitrogens with zero attached hydrogens (tertiary/aromatic N) is 3. The maximum Gasteiger partial charge on any atom is 0.137 e. The second-order valence-electron chi connectivity index (χ2n) is 4.33. The molecule has 0 aliphatic heterocycles. The summed E-state index contributed by atoms with van der Waals surface area (Å²) in [5.74, 6) is 6.30. The van der Waals surface area contributed by atoms with Gasteiger partial charge in [-0.05, 0) is 25.1 Å². The molecule has 0 bridgehead atoms. The fourth-order valence-corrected chi connectivity index (χ4v) is 2.15. The first-order valence-corrected chi connectivity index (χ1v) is 6.22. The molecule has 0 spiro atoms. The van der Waals surface area contributed by atoms with Crippen molar-refractivity contribution >= 4 is 10.9 Å². The van der Waals surface area contributed by atoms with Crippen molar-refractivity contribution in [2.24, 2.45) is 0 Å². The summed E-state index contributed by atoms with van der Waals surface area (Å²) in [5, 5.41) is 1.07. The first-order valence-electron chi connectivity index (χ1n) is 6.22. The lowest BCUT2D eigenvalue weighted by molar-refractivity contribution is 0.484. The molecule has 0 radical (unpaired) electrons. The van der Waals surface area contributed by atoms with Crippen molar-refractivity contribution in [3.05, 3.63) is 54.1 Å². The predicted octanol–water partition coefficient (Wildman–Crippen LogP) is 3.26. The van der Waals surface area contributed by atoms with Crippen molar-refractivity contribution < 1.29 is 4.39 Å². The van der Waals surface area contributed by atoms with E-state index in [1.807, 2.05) is 22.9 Å². The summed E-state index contributed by atoms with van der Waals surface area (Å²) < 4.78 is 15.0. The second-order valence-corrected chi connectivity index (χ2v) is 4.33. The first kappa shape index (κ1) is 12.4. The molecule has 3 nitrogen and oxygen atoms in total. The van der Waals surface area contributed by atoms with E-state index in [4.69, 9.17) is 0 Å². The topological polar surface area (TPSA) is 30.7 Å². The van der Waals surface area contributed by atoms with Gasteiger partial charge in [-0.1, -0.05) is 5.92 Å². The van der Waals surface area contributed by atoms with Crippen molar-refractivity contribution in [2.45, 2.75) is 13.6 Å². The average Bonchev–Trinajstić information content (AvgIpc) is 2.92. The number of hydrogen-bond acceptors (Lipinski definition) is 2. The fourth-order valence-electron chi connectivity index (χ4n) is 2.15. The van der Waals surface area contributed by atoms with Crippen LogP contribution in [-0.2, 0) is 6.67 Å². The van der Waals surface area contributed by atoms with E-state index in [1.165, 1.54) is 0 Å². The van der Waals surface area contributed by atoms with Gasteiger partial charge in [0.2, 0.25) is 0 Å². The van der Waals surface area contributed by atoms with Crippen LogP contribution in [0.2, 0.25) is 0 Å². The van der Waals surface area contributed by atoms with Crippen LogP contribution >= 0.6 is 0 Å². The lowest BCUT2D eigenvalue weighted by Crippen LogP contribution is -1.99. The summed E-state index contributed by atoms with van der Waals surface area (Å²) in [6.45, 7) is 1.16. The molecule has 0 aromatic carbocycles. The Balaban J connectivity index is 2.16. The van der Waals surface area contributed by atoms with Crippen LogP contribution < -0.4 is 0 Å². The monoisotopic (exact) mass is 265 g/mol. The molecule has 0 unspecified atom stereocenters. The Hall–Kier alpha value is -2.67. The zero-order chi connectivity index (χ0) is 13.9. The summed E-state index contributed by atoms with van der Waals surface area (Å²) >= 11 is 0. The molecule has 4 heteroatoms. The smallest absolute Gasteiger partial charge is 0.137 e. The maximum absolute atomic E-state index is 13.1. The number of halogens is 1. The highest BCUT2D eigenvalue weighted by atomic mass is 19.1. The molecule has 3 heterocycles. The van der Waals surface area contributed by atoms with Gasteiger partial charge in [0, 0.05) is 35.1 Å². The van der Waals surface area contributed by atoms with E-state index in [-0.39, 0.29) is 0 Å². The Morgan fingerprint density at radius 1 is 1.30 bits per heavy atom. The zero-order valence-electron chi connectivity index (χ0n) is 11.0. The molecular weight excluding hydrogens is 253 g/mol. The van der Waals surface area contributed by atoms with Crippen LogP contribution in [0.5, 0.6) is 0 Å². The van der Waals surface area contributed by atoms with Crippen molar-refractivity contribution in [3.8, 4) is 17.7 Å². The Morgan fingerprint density at radius 3 is 3.00 bits per heavy atom. The van der Waals surface area contributed by atoms with Gasteiger partial charge in [0.25, 0.3) is 0 Å². The van der Waals surface area contributed by atoms with Crippen LogP contribution in [0.4, 0.5) is 4.39 Å². The Kier molecular flexibility index (Phi) is 3.18.